The fourth-order valence-corrected chi connectivity index (χ4v) is 3.03. The number of unbranched alkanes of at least 4 members (excludes halogenated alkanes) is 1. The van der Waals surface area contributed by atoms with Crippen LogP contribution in [0.2, 0.25) is 0 Å². The van der Waals surface area contributed by atoms with Crippen molar-refractivity contribution in [1.29, 1.82) is 0 Å². The van der Waals surface area contributed by atoms with Crippen molar-refractivity contribution in [1.82, 2.24) is 20.2 Å². The summed E-state index contributed by atoms with van der Waals surface area (Å²) in [6.45, 7) is 5.73. The van der Waals surface area contributed by atoms with E-state index >= 15 is 0 Å². The van der Waals surface area contributed by atoms with E-state index in [0.29, 0.717) is 0 Å². The first-order chi connectivity index (χ1) is 11.8. The van der Waals surface area contributed by atoms with Crippen LogP contribution in [0.4, 0.5) is 0 Å². The number of guanidine groups is 1. The summed E-state index contributed by atoms with van der Waals surface area (Å²) in [7, 11) is 0. The Morgan fingerprint density at radius 1 is 1.21 bits per heavy atom. The van der Waals surface area contributed by atoms with E-state index in [4.69, 9.17) is 0 Å². The Balaban J connectivity index is 1.75. The zero-order valence-electron chi connectivity index (χ0n) is 14.8. The van der Waals surface area contributed by atoms with Crippen molar-refractivity contribution >= 4 is 28.8 Å². The minimum atomic E-state index is 0.812. The molecule has 0 aliphatic heterocycles. The lowest BCUT2D eigenvalue weighted by Gasteiger charge is -2.11. The van der Waals surface area contributed by atoms with Crippen LogP contribution in [0, 0.1) is 0 Å². The molecule has 0 atom stereocenters. The molecule has 2 aromatic rings. The van der Waals surface area contributed by atoms with Crippen LogP contribution in [0.1, 0.15) is 26.2 Å². The van der Waals surface area contributed by atoms with Gasteiger partial charge in [0.1, 0.15) is 0 Å². The molecule has 0 amide bonds. The Bertz CT molecular complexity index is 623. The van der Waals surface area contributed by atoms with Gasteiger partial charge in [-0.15, -0.1) is 0 Å². The molecule has 2 rings (SSSR count). The summed E-state index contributed by atoms with van der Waals surface area (Å²) in [5.74, 6) is 2.16. The molecule has 1 aromatic heterocycles. The topological polar surface area (TPSA) is 54.2 Å². The van der Waals surface area contributed by atoms with E-state index in [1.807, 2.05) is 30.2 Å². The molecule has 0 radical (unpaired) electrons. The standard InChI is InChI=1S/C18H29N5S/c1-3-19-18(20-11-6-7-14-24-2)21-12-8-13-23-15-22-16-9-4-5-10-17(16)23/h4-5,9-10,15H,3,6-8,11-14H2,1-2H3,(H2,19,20,21). The number of thioether (sulfide) groups is 1. The van der Waals surface area contributed by atoms with E-state index < -0.39 is 0 Å². The molecule has 0 bridgehead atoms. The summed E-state index contributed by atoms with van der Waals surface area (Å²) in [5.41, 5.74) is 2.25. The van der Waals surface area contributed by atoms with Crippen molar-refractivity contribution < 1.29 is 0 Å². The summed E-state index contributed by atoms with van der Waals surface area (Å²) >= 11 is 1.91. The third kappa shape index (κ3) is 6.07. The Labute approximate surface area is 149 Å². The highest BCUT2D eigenvalue weighted by Crippen LogP contribution is 2.11. The van der Waals surface area contributed by atoms with Crippen molar-refractivity contribution in [2.24, 2.45) is 4.99 Å². The molecule has 0 spiro atoms. The van der Waals surface area contributed by atoms with Gasteiger partial charge in [-0.05, 0) is 50.3 Å². The van der Waals surface area contributed by atoms with Gasteiger partial charge in [0.05, 0.1) is 17.4 Å². The largest absolute Gasteiger partial charge is 0.357 e. The van der Waals surface area contributed by atoms with Gasteiger partial charge in [0.25, 0.3) is 0 Å². The molecule has 0 saturated carbocycles. The van der Waals surface area contributed by atoms with Gasteiger partial charge in [0, 0.05) is 26.2 Å². The first kappa shape index (κ1) is 18.6. The Kier molecular flexibility index (Phi) is 8.52. The molecule has 2 N–H and O–H groups in total. The van der Waals surface area contributed by atoms with E-state index in [9.17, 15) is 0 Å². The van der Waals surface area contributed by atoms with Gasteiger partial charge in [0.2, 0.25) is 0 Å². The van der Waals surface area contributed by atoms with Crippen LogP contribution in [0.3, 0.4) is 0 Å². The van der Waals surface area contributed by atoms with E-state index in [2.05, 4.69) is 50.5 Å². The molecule has 1 heterocycles. The van der Waals surface area contributed by atoms with Crippen molar-refractivity contribution in [3.63, 3.8) is 0 Å². The molecule has 5 nitrogen and oxygen atoms in total. The lowest BCUT2D eigenvalue weighted by Crippen LogP contribution is -2.37. The number of nitrogens with zero attached hydrogens (tertiary/aromatic N) is 3. The minimum Gasteiger partial charge on any atom is -0.357 e. The van der Waals surface area contributed by atoms with Crippen LogP contribution in [-0.4, -0.2) is 47.2 Å². The molecule has 6 heteroatoms. The number of aliphatic imine (C=N–C) groups is 1. The summed E-state index contributed by atoms with van der Waals surface area (Å²) in [5, 5.41) is 6.72. The number of benzene rings is 1. The summed E-state index contributed by atoms with van der Waals surface area (Å²) in [4.78, 5) is 9.09. The quantitative estimate of drug-likeness (QED) is 0.394. The predicted octanol–water partition coefficient (Wildman–Crippen LogP) is 3.12. The molecular weight excluding hydrogens is 318 g/mol. The van der Waals surface area contributed by atoms with Crippen LogP contribution in [0.5, 0.6) is 0 Å². The molecule has 0 aliphatic rings. The average molecular weight is 348 g/mol. The summed E-state index contributed by atoms with van der Waals surface area (Å²) < 4.78 is 2.20. The SMILES string of the molecule is CCNC(=NCCCn1cnc2ccccc21)NCCCCSC. The highest BCUT2D eigenvalue weighted by Gasteiger charge is 2.01. The van der Waals surface area contributed by atoms with Crippen LogP contribution in [0.25, 0.3) is 11.0 Å². The number of imidazole rings is 1. The van der Waals surface area contributed by atoms with E-state index in [-0.39, 0.29) is 0 Å². The van der Waals surface area contributed by atoms with Crippen LogP contribution < -0.4 is 10.6 Å². The Hall–Kier alpha value is -1.69. The van der Waals surface area contributed by atoms with Crippen molar-refractivity contribution in [2.45, 2.75) is 32.7 Å². The number of fused-ring (bicyclic) bond motifs is 1. The maximum Gasteiger partial charge on any atom is 0.191 e. The maximum absolute atomic E-state index is 4.67. The smallest absolute Gasteiger partial charge is 0.191 e. The van der Waals surface area contributed by atoms with E-state index in [1.54, 1.807) is 0 Å². The average Bonchev–Trinajstić information content (AvgIpc) is 3.01. The van der Waals surface area contributed by atoms with Gasteiger partial charge in [-0.2, -0.15) is 11.8 Å². The maximum atomic E-state index is 4.67. The van der Waals surface area contributed by atoms with Gasteiger partial charge in [-0.3, -0.25) is 4.99 Å². The fourth-order valence-electron chi connectivity index (χ4n) is 2.54. The second kappa shape index (κ2) is 11.0. The van der Waals surface area contributed by atoms with Crippen LogP contribution in [-0.2, 0) is 6.54 Å². The third-order valence-corrected chi connectivity index (χ3v) is 4.46. The van der Waals surface area contributed by atoms with Crippen molar-refractivity contribution in [3.05, 3.63) is 30.6 Å². The monoisotopic (exact) mass is 347 g/mol. The second-order valence-electron chi connectivity index (χ2n) is 5.67. The van der Waals surface area contributed by atoms with Crippen LogP contribution >= 0.6 is 11.8 Å². The molecule has 0 fully saturated rings. The highest BCUT2D eigenvalue weighted by atomic mass is 32.2. The molecular formula is C18H29N5S. The van der Waals surface area contributed by atoms with Crippen molar-refractivity contribution in [2.75, 3.05) is 31.6 Å². The normalized spacial score (nSPS) is 11.8. The first-order valence-electron chi connectivity index (χ1n) is 8.76. The molecule has 0 saturated heterocycles. The zero-order chi connectivity index (χ0) is 17.0. The van der Waals surface area contributed by atoms with Crippen molar-refractivity contribution in [3.8, 4) is 0 Å². The number of rotatable bonds is 10. The fraction of sp³-hybridized carbons (Fsp3) is 0.556. The van der Waals surface area contributed by atoms with E-state index in [0.717, 1.165) is 44.1 Å². The second-order valence-corrected chi connectivity index (χ2v) is 6.65. The van der Waals surface area contributed by atoms with Gasteiger partial charge in [-0.25, -0.2) is 4.98 Å². The number of aromatic nitrogens is 2. The highest BCUT2D eigenvalue weighted by molar-refractivity contribution is 7.98. The lowest BCUT2D eigenvalue weighted by molar-refractivity contribution is 0.660. The number of hydrogen-bond acceptors (Lipinski definition) is 3. The predicted molar refractivity (Wildman–Crippen MR) is 106 cm³/mol. The Morgan fingerprint density at radius 2 is 2.08 bits per heavy atom. The molecule has 24 heavy (non-hydrogen) atoms. The molecule has 0 aliphatic carbocycles. The van der Waals surface area contributed by atoms with Gasteiger partial charge in [0.15, 0.2) is 5.96 Å². The number of hydrogen-bond donors (Lipinski definition) is 2. The van der Waals surface area contributed by atoms with E-state index in [1.165, 1.54) is 24.1 Å². The molecule has 1 aromatic carbocycles. The molecule has 132 valence electrons. The number of nitrogens with one attached hydrogen (secondary N) is 2. The lowest BCUT2D eigenvalue weighted by atomic mass is 10.3. The zero-order valence-corrected chi connectivity index (χ0v) is 15.6. The third-order valence-electron chi connectivity index (χ3n) is 3.77. The summed E-state index contributed by atoms with van der Waals surface area (Å²) in [6, 6.07) is 8.25. The summed E-state index contributed by atoms with van der Waals surface area (Å²) in [6.07, 6.45) is 7.52. The Morgan fingerprint density at radius 3 is 2.92 bits per heavy atom. The van der Waals surface area contributed by atoms with Gasteiger partial charge in [-0.1, -0.05) is 12.1 Å². The number of para-hydroxylation sites is 2. The van der Waals surface area contributed by atoms with Crippen LogP contribution in [0.15, 0.2) is 35.6 Å². The first-order valence-corrected chi connectivity index (χ1v) is 10.2. The van der Waals surface area contributed by atoms with Gasteiger partial charge >= 0.3 is 0 Å². The van der Waals surface area contributed by atoms with Gasteiger partial charge < -0.3 is 15.2 Å². The molecule has 0 unspecified atom stereocenters. The number of aryl methyl sites for hydroxylation is 1. The minimum absolute atomic E-state index is 0.812.